The molecule has 94 valence electrons. The van der Waals surface area contributed by atoms with E-state index in [4.69, 9.17) is 22.4 Å². The van der Waals surface area contributed by atoms with E-state index in [1.165, 1.54) is 12.1 Å². The number of benzene rings is 2. The second-order valence-electron chi connectivity index (χ2n) is 4.08. The summed E-state index contributed by atoms with van der Waals surface area (Å²) in [6.07, 6.45) is 0. The van der Waals surface area contributed by atoms with E-state index < -0.39 is 0 Å². The van der Waals surface area contributed by atoms with Gasteiger partial charge in [0.05, 0.1) is 0 Å². The maximum atomic E-state index is 13.2. The van der Waals surface area contributed by atoms with Crippen LogP contribution in [0.1, 0.15) is 5.56 Å². The Morgan fingerprint density at radius 1 is 1.21 bits per heavy atom. The molecule has 19 heavy (non-hydrogen) atoms. The van der Waals surface area contributed by atoms with E-state index in [-0.39, 0.29) is 5.82 Å². The zero-order chi connectivity index (χ0) is 13.4. The molecule has 2 aromatic carbocycles. The summed E-state index contributed by atoms with van der Waals surface area (Å²) in [7, 11) is 0. The van der Waals surface area contributed by atoms with Crippen LogP contribution in [0, 0.1) is 5.82 Å². The highest BCUT2D eigenvalue weighted by molar-refractivity contribution is 7.80. The maximum absolute atomic E-state index is 13.2. The van der Waals surface area contributed by atoms with Gasteiger partial charge in [-0.15, -0.1) is 0 Å². The van der Waals surface area contributed by atoms with Gasteiger partial charge in [0.1, 0.15) is 16.3 Å². The van der Waals surface area contributed by atoms with Gasteiger partial charge in [0.15, 0.2) is 5.58 Å². The van der Waals surface area contributed by atoms with Crippen LogP contribution < -0.4 is 5.73 Å². The monoisotopic (exact) mass is 272 g/mol. The highest BCUT2D eigenvalue weighted by Gasteiger charge is 2.10. The summed E-state index contributed by atoms with van der Waals surface area (Å²) in [4.78, 5) is 4.62. The van der Waals surface area contributed by atoms with Gasteiger partial charge < -0.3 is 10.2 Å². The lowest BCUT2D eigenvalue weighted by Crippen LogP contribution is -2.08. The number of thiocarbonyl (C=S) groups is 1. The third-order valence-electron chi connectivity index (χ3n) is 2.74. The summed E-state index contributed by atoms with van der Waals surface area (Å²) >= 11 is 4.91. The summed E-state index contributed by atoms with van der Waals surface area (Å²) in [5.41, 5.74) is 8.13. The number of oxazole rings is 1. The van der Waals surface area contributed by atoms with Gasteiger partial charge >= 0.3 is 0 Å². The number of halogens is 1. The van der Waals surface area contributed by atoms with Crippen LogP contribution in [0.5, 0.6) is 0 Å². The van der Waals surface area contributed by atoms with Gasteiger partial charge in [0.25, 0.3) is 0 Å². The lowest BCUT2D eigenvalue weighted by Gasteiger charge is -1.94. The van der Waals surface area contributed by atoms with Crippen molar-refractivity contribution >= 4 is 28.3 Å². The van der Waals surface area contributed by atoms with Crippen LogP contribution in [0.4, 0.5) is 4.39 Å². The molecule has 0 radical (unpaired) electrons. The predicted octanol–water partition coefficient (Wildman–Crippen LogP) is 3.27. The first-order valence-electron chi connectivity index (χ1n) is 5.60. The Kier molecular flexibility index (Phi) is 2.76. The van der Waals surface area contributed by atoms with Crippen LogP contribution in [0.2, 0.25) is 0 Å². The van der Waals surface area contributed by atoms with E-state index in [1.54, 1.807) is 30.3 Å². The first-order valence-corrected chi connectivity index (χ1v) is 6.00. The Hall–Kier alpha value is -2.27. The molecule has 0 unspecified atom stereocenters. The van der Waals surface area contributed by atoms with E-state index in [0.717, 1.165) is 5.56 Å². The highest BCUT2D eigenvalue weighted by atomic mass is 32.1. The van der Waals surface area contributed by atoms with Crippen LogP contribution >= 0.6 is 12.2 Å². The normalized spacial score (nSPS) is 10.8. The minimum atomic E-state index is -0.330. The molecule has 2 N–H and O–H groups in total. The smallest absolute Gasteiger partial charge is 0.227 e. The standard InChI is InChI=1S/C14H9FN2OS/c15-10-3-1-2-9(6-10)14-17-11-7-8(13(16)19)4-5-12(11)18-14/h1-7H,(H2,16,19). The van der Waals surface area contributed by atoms with Crippen LogP contribution in [0.15, 0.2) is 46.9 Å². The van der Waals surface area contributed by atoms with Crippen molar-refractivity contribution in [3.05, 3.63) is 53.8 Å². The number of nitrogens with zero attached hydrogens (tertiary/aromatic N) is 1. The zero-order valence-corrected chi connectivity index (χ0v) is 10.6. The van der Waals surface area contributed by atoms with Crippen molar-refractivity contribution < 1.29 is 8.81 Å². The average molecular weight is 272 g/mol. The Bertz CT molecular complexity index is 782. The van der Waals surface area contributed by atoms with Crippen molar-refractivity contribution in [1.82, 2.24) is 4.98 Å². The van der Waals surface area contributed by atoms with E-state index in [0.29, 0.717) is 27.5 Å². The topological polar surface area (TPSA) is 52.0 Å². The molecular weight excluding hydrogens is 263 g/mol. The lowest BCUT2D eigenvalue weighted by molar-refractivity contribution is 0.611. The molecule has 0 aliphatic rings. The number of nitrogens with two attached hydrogens (primary N) is 1. The molecule has 0 atom stereocenters. The molecule has 0 bridgehead atoms. The van der Waals surface area contributed by atoms with Crippen LogP contribution in [-0.4, -0.2) is 9.97 Å². The number of aromatic nitrogens is 1. The van der Waals surface area contributed by atoms with Crippen molar-refractivity contribution in [2.75, 3.05) is 0 Å². The van der Waals surface area contributed by atoms with Gasteiger partial charge in [-0.05, 0) is 36.4 Å². The Labute approximate surface area is 113 Å². The fourth-order valence-corrected chi connectivity index (χ4v) is 1.95. The summed E-state index contributed by atoms with van der Waals surface area (Å²) in [6, 6.07) is 11.4. The lowest BCUT2D eigenvalue weighted by atomic mass is 10.2. The van der Waals surface area contributed by atoms with Gasteiger partial charge in [-0.2, -0.15) is 0 Å². The Morgan fingerprint density at radius 3 is 2.79 bits per heavy atom. The molecule has 0 spiro atoms. The van der Waals surface area contributed by atoms with Crippen LogP contribution in [0.3, 0.4) is 0 Å². The molecule has 5 heteroatoms. The molecule has 0 aliphatic heterocycles. The number of rotatable bonds is 2. The van der Waals surface area contributed by atoms with E-state index in [2.05, 4.69) is 4.98 Å². The first kappa shape index (κ1) is 11.8. The summed E-state index contributed by atoms with van der Waals surface area (Å²) < 4.78 is 18.8. The third kappa shape index (κ3) is 2.20. The Morgan fingerprint density at radius 2 is 2.05 bits per heavy atom. The van der Waals surface area contributed by atoms with Gasteiger partial charge in [0.2, 0.25) is 5.89 Å². The van der Waals surface area contributed by atoms with Crippen molar-refractivity contribution in [1.29, 1.82) is 0 Å². The maximum Gasteiger partial charge on any atom is 0.227 e. The minimum absolute atomic E-state index is 0.303. The summed E-state index contributed by atoms with van der Waals surface area (Å²) in [5, 5.41) is 0. The third-order valence-corrected chi connectivity index (χ3v) is 2.98. The van der Waals surface area contributed by atoms with Crippen molar-refractivity contribution in [3.63, 3.8) is 0 Å². The molecule has 0 saturated heterocycles. The van der Waals surface area contributed by atoms with E-state index in [9.17, 15) is 4.39 Å². The van der Waals surface area contributed by atoms with Gasteiger partial charge in [-0.3, -0.25) is 0 Å². The molecule has 3 aromatic rings. The van der Waals surface area contributed by atoms with Gasteiger partial charge in [-0.25, -0.2) is 9.37 Å². The molecule has 1 heterocycles. The van der Waals surface area contributed by atoms with Crippen LogP contribution in [0.25, 0.3) is 22.6 Å². The number of fused-ring (bicyclic) bond motifs is 1. The first-order chi connectivity index (χ1) is 9.13. The molecule has 0 amide bonds. The predicted molar refractivity (Wildman–Crippen MR) is 75.3 cm³/mol. The second-order valence-corrected chi connectivity index (χ2v) is 4.52. The SMILES string of the molecule is NC(=S)c1ccc2oc(-c3cccc(F)c3)nc2c1. The molecule has 1 aromatic heterocycles. The molecule has 0 saturated carbocycles. The molecular formula is C14H9FN2OS. The van der Waals surface area contributed by atoms with E-state index in [1.807, 2.05) is 0 Å². The number of hydrogen-bond acceptors (Lipinski definition) is 3. The van der Waals surface area contributed by atoms with Crippen molar-refractivity contribution in [2.24, 2.45) is 5.73 Å². The van der Waals surface area contributed by atoms with Gasteiger partial charge in [-0.1, -0.05) is 18.3 Å². The van der Waals surface area contributed by atoms with Crippen molar-refractivity contribution in [3.8, 4) is 11.5 Å². The zero-order valence-electron chi connectivity index (χ0n) is 9.76. The summed E-state index contributed by atoms with van der Waals surface area (Å²) in [6.45, 7) is 0. The fourth-order valence-electron chi connectivity index (χ4n) is 1.83. The van der Waals surface area contributed by atoms with Gasteiger partial charge in [0, 0.05) is 11.1 Å². The molecule has 3 nitrogen and oxygen atoms in total. The van der Waals surface area contributed by atoms with Crippen LogP contribution in [-0.2, 0) is 0 Å². The molecule has 0 aliphatic carbocycles. The fraction of sp³-hybridized carbons (Fsp3) is 0. The second kappa shape index (κ2) is 4.44. The average Bonchev–Trinajstić information content (AvgIpc) is 2.81. The largest absolute Gasteiger partial charge is 0.436 e. The quantitative estimate of drug-likeness (QED) is 0.727. The summed E-state index contributed by atoms with van der Waals surface area (Å²) in [5.74, 6) is 0.0400. The highest BCUT2D eigenvalue weighted by Crippen LogP contribution is 2.25. The minimum Gasteiger partial charge on any atom is -0.436 e. The number of hydrogen-bond donors (Lipinski definition) is 1. The molecule has 3 rings (SSSR count). The van der Waals surface area contributed by atoms with E-state index >= 15 is 0 Å². The van der Waals surface area contributed by atoms with Crippen molar-refractivity contribution in [2.45, 2.75) is 0 Å². The molecule has 0 fully saturated rings. The Balaban J connectivity index is 2.14.